The predicted octanol–water partition coefficient (Wildman–Crippen LogP) is -0.718. The molecule has 84 valence electrons. The third-order valence-electron chi connectivity index (χ3n) is 2.37. The molecule has 0 amide bonds. The van der Waals surface area contributed by atoms with Crippen LogP contribution in [0.15, 0.2) is 0 Å². The summed E-state index contributed by atoms with van der Waals surface area (Å²) >= 11 is 0. The van der Waals surface area contributed by atoms with E-state index >= 15 is 0 Å². The summed E-state index contributed by atoms with van der Waals surface area (Å²) in [5.74, 6) is -0.801. The molecule has 0 aromatic carbocycles. The summed E-state index contributed by atoms with van der Waals surface area (Å²) in [6.45, 7) is 1.90. The van der Waals surface area contributed by atoms with E-state index in [0.29, 0.717) is 30.5 Å². The average Bonchev–Trinajstić information content (AvgIpc) is 2.03. The zero-order valence-electron chi connectivity index (χ0n) is 8.65. The maximum absolute atomic E-state index is 10.3. The predicted molar refractivity (Wildman–Crippen MR) is 51.8 cm³/mol. The molecule has 3 N–H and O–H groups in total. The van der Waals surface area contributed by atoms with Gasteiger partial charge in [0.05, 0.1) is 33.2 Å². The largest absolute Gasteiger partial charge is 0.481 e. The molecular weight excluding hydrogens is 186 g/mol. The minimum atomic E-state index is -0.801. The number of rotatable bonds is 8. The molecule has 0 unspecified atom stereocenters. The third kappa shape index (κ3) is 5.90. The number of aliphatic hydroxyl groups excluding tert-OH is 2. The Morgan fingerprint density at radius 1 is 1.14 bits per heavy atom. The molecule has 0 saturated carbocycles. The Morgan fingerprint density at radius 2 is 1.64 bits per heavy atom. The smallest absolute Gasteiger partial charge is 0.303 e. The molecule has 5 heteroatoms. The van der Waals surface area contributed by atoms with Gasteiger partial charge in [-0.2, -0.15) is 0 Å². The number of aliphatic carboxylic acids is 1. The van der Waals surface area contributed by atoms with E-state index in [-0.39, 0.29) is 19.6 Å². The molecule has 0 aromatic heterocycles. The molecule has 0 rings (SSSR count). The van der Waals surface area contributed by atoms with Crippen LogP contribution < -0.4 is 0 Å². The zero-order valence-corrected chi connectivity index (χ0v) is 8.65. The molecule has 0 heterocycles. The molecule has 5 nitrogen and oxygen atoms in total. The number of aliphatic hydroxyl groups is 2. The van der Waals surface area contributed by atoms with Crippen molar-refractivity contribution in [1.82, 2.24) is 0 Å². The second-order valence-electron chi connectivity index (χ2n) is 3.73. The Balaban J connectivity index is 3.88. The zero-order chi connectivity index (χ0) is 11.0. The molecule has 14 heavy (non-hydrogen) atoms. The van der Waals surface area contributed by atoms with Crippen molar-refractivity contribution in [1.29, 1.82) is 0 Å². The fraction of sp³-hybridized carbons (Fsp3) is 0.889. The van der Waals surface area contributed by atoms with Crippen molar-refractivity contribution >= 4 is 5.97 Å². The number of carboxylic acids is 1. The van der Waals surface area contributed by atoms with Gasteiger partial charge in [0, 0.05) is 6.42 Å². The van der Waals surface area contributed by atoms with E-state index in [1.807, 2.05) is 7.05 Å². The Kier molecular flexibility index (Phi) is 6.44. The van der Waals surface area contributed by atoms with Crippen LogP contribution in [0.4, 0.5) is 0 Å². The molecule has 0 aliphatic rings. The number of likely N-dealkylation sites (N-methyl/N-ethyl adjacent to an activating group) is 1. The number of quaternary nitrogens is 1. The topological polar surface area (TPSA) is 77.8 Å². The van der Waals surface area contributed by atoms with Crippen molar-refractivity contribution in [3.05, 3.63) is 0 Å². The second-order valence-corrected chi connectivity index (χ2v) is 3.73. The second kappa shape index (κ2) is 6.75. The summed E-state index contributed by atoms with van der Waals surface area (Å²) in [5, 5.41) is 26.1. The third-order valence-corrected chi connectivity index (χ3v) is 2.37. The van der Waals surface area contributed by atoms with Crippen LogP contribution in [-0.2, 0) is 4.79 Å². The number of carbonyl (C=O) groups is 1. The molecule has 0 aromatic rings. The van der Waals surface area contributed by atoms with Crippen LogP contribution in [0, 0.1) is 0 Å². The normalized spacial score (nSPS) is 11.6. The summed E-state index contributed by atoms with van der Waals surface area (Å²) in [4.78, 5) is 10.3. The lowest BCUT2D eigenvalue weighted by Crippen LogP contribution is -2.48. The van der Waals surface area contributed by atoms with Crippen molar-refractivity contribution in [2.45, 2.75) is 12.8 Å². The van der Waals surface area contributed by atoms with Crippen LogP contribution >= 0.6 is 0 Å². The average molecular weight is 206 g/mol. The highest BCUT2D eigenvalue weighted by Crippen LogP contribution is 2.04. The fourth-order valence-electron chi connectivity index (χ4n) is 1.43. The Bertz CT molecular complexity index is 166. The maximum Gasteiger partial charge on any atom is 0.303 e. The van der Waals surface area contributed by atoms with Gasteiger partial charge < -0.3 is 19.8 Å². The van der Waals surface area contributed by atoms with E-state index in [0.717, 1.165) is 0 Å². The van der Waals surface area contributed by atoms with Gasteiger partial charge in [-0.1, -0.05) is 0 Å². The van der Waals surface area contributed by atoms with Gasteiger partial charge in [0.1, 0.15) is 13.1 Å². The molecule has 0 fully saturated rings. The van der Waals surface area contributed by atoms with E-state index in [2.05, 4.69) is 0 Å². The van der Waals surface area contributed by atoms with Crippen LogP contribution in [-0.4, -0.2) is 65.7 Å². The van der Waals surface area contributed by atoms with Crippen molar-refractivity contribution in [2.24, 2.45) is 0 Å². The van der Waals surface area contributed by atoms with Crippen molar-refractivity contribution in [2.75, 3.05) is 39.9 Å². The van der Waals surface area contributed by atoms with Gasteiger partial charge in [-0.05, 0) is 0 Å². The van der Waals surface area contributed by atoms with Gasteiger partial charge in [0.25, 0.3) is 0 Å². The molecule has 0 aliphatic heterocycles. The monoisotopic (exact) mass is 206 g/mol. The quantitative estimate of drug-likeness (QED) is 0.458. The van der Waals surface area contributed by atoms with Crippen LogP contribution in [0.25, 0.3) is 0 Å². The minimum absolute atomic E-state index is 0.0591. The van der Waals surface area contributed by atoms with E-state index in [1.165, 1.54) is 0 Å². The lowest BCUT2D eigenvalue weighted by molar-refractivity contribution is -0.910. The Hall–Kier alpha value is -0.650. The highest BCUT2D eigenvalue weighted by Gasteiger charge is 2.19. The van der Waals surface area contributed by atoms with Crippen molar-refractivity contribution in [3.8, 4) is 0 Å². The van der Waals surface area contributed by atoms with Gasteiger partial charge in [-0.25, -0.2) is 0 Å². The van der Waals surface area contributed by atoms with Gasteiger partial charge in [0.2, 0.25) is 0 Å². The Labute approximate surface area is 84.2 Å². The van der Waals surface area contributed by atoms with Gasteiger partial charge in [-0.15, -0.1) is 0 Å². The lowest BCUT2D eigenvalue weighted by atomic mass is 10.2. The van der Waals surface area contributed by atoms with Crippen molar-refractivity contribution in [3.63, 3.8) is 0 Å². The fourth-order valence-corrected chi connectivity index (χ4v) is 1.43. The molecule has 0 aliphatic carbocycles. The molecule has 0 bridgehead atoms. The first-order chi connectivity index (χ1) is 6.54. The van der Waals surface area contributed by atoms with E-state index in [1.54, 1.807) is 0 Å². The molecule has 0 saturated heterocycles. The van der Waals surface area contributed by atoms with Crippen LogP contribution in [0.3, 0.4) is 0 Å². The summed E-state index contributed by atoms with van der Waals surface area (Å²) < 4.78 is 0.528. The number of nitrogens with zero attached hydrogens (tertiary/aromatic N) is 1. The molecular formula is C9H20NO4+. The van der Waals surface area contributed by atoms with Crippen LogP contribution in [0.1, 0.15) is 12.8 Å². The molecule has 0 atom stereocenters. The van der Waals surface area contributed by atoms with Gasteiger partial charge >= 0.3 is 5.97 Å². The summed E-state index contributed by atoms with van der Waals surface area (Å²) in [6, 6.07) is 0. The van der Waals surface area contributed by atoms with E-state index < -0.39 is 5.97 Å². The first-order valence-electron chi connectivity index (χ1n) is 4.81. The first-order valence-corrected chi connectivity index (χ1v) is 4.81. The standard InChI is InChI=1S/C9H19NO4/c1-10(5-7-11,6-8-12)4-2-3-9(13)14/h11-12H,2-8H2,1H3/p+1. The first kappa shape index (κ1) is 13.4. The van der Waals surface area contributed by atoms with Crippen molar-refractivity contribution < 1.29 is 24.6 Å². The number of carboxylic acid groups (broad SMARTS) is 1. The summed E-state index contributed by atoms with van der Waals surface area (Å²) in [6.07, 6.45) is 0.719. The van der Waals surface area contributed by atoms with Gasteiger partial charge in [-0.3, -0.25) is 4.79 Å². The van der Waals surface area contributed by atoms with E-state index in [4.69, 9.17) is 15.3 Å². The SMILES string of the molecule is C[N+](CCO)(CCO)CCCC(=O)O. The lowest BCUT2D eigenvalue weighted by Gasteiger charge is -2.33. The minimum Gasteiger partial charge on any atom is -0.481 e. The van der Waals surface area contributed by atoms with E-state index in [9.17, 15) is 4.79 Å². The van der Waals surface area contributed by atoms with Crippen LogP contribution in [0.5, 0.6) is 0 Å². The highest BCUT2D eigenvalue weighted by atomic mass is 16.4. The molecule has 0 radical (unpaired) electrons. The number of hydrogen-bond acceptors (Lipinski definition) is 3. The van der Waals surface area contributed by atoms with Gasteiger partial charge in [0.15, 0.2) is 0 Å². The summed E-state index contributed by atoms with van der Waals surface area (Å²) in [5.41, 5.74) is 0. The summed E-state index contributed by atoms with van der Waals surface area (Å²) in [7, 11) is 1.91. The van der Waals surface area contributed by atoms with Crippen LogP contribution in [0.2, 0.25) is 0 Å². The number of hydrogen-bond donors (Lipinski definition) is 3. The highest BCUT2D eigenvalue weighted by molar-refractivity contribution is 5.66. The Morgan fingerprint density at radius 3 is 2.00 bits per heavy atom. The molecule has 0 spiro atoms. The maximum atomic E-state index is 10.3.